The van der Waals surface area contributed by atoms with Crippen molar-refractivity contribution in [2.75, 3.05) is 11.5 Å². The number of halogens is 3. The molecule has 0 amide bonds. The molecule has 0 fully saturated rings. The van der Waals surface area contributed by atoms with Crippen molar-refractivity contribution in [2.45, 2.75) is 23.5 Å². The first kappa shape index (κ1) is 15.4. The second-order valence-corrected chi connectivity index (χ2v) is 5.69. The molecule has 0 spiro atoms. The van der Waals surface area contributed by atoms with E-state index < -0.39 is 11.7 Å². The Labute approximate surface area is 123 Å². The minimum absolute atomic E-state index is 0.131. The lowest BCUT2D eigenvalue weighted by Crippen LogP contribution is -2.05. The zero-order valence-electron chi connectivity index (χ0n) is 11.1. The number of benzene rings is 1. The van der Waals surface area contributed by atoms with Crippen molar-refractivity contribution in [1.82, 2.24) is 9.97 Å². The summed E-state index contributed by atoms with van der Waals surface area (Å²) in [6.45, 7) is 1.84. The van der Waals surface area contributed by atoms with E-state index in [0.717, 1.165) is 17.7 Å². The van der Waals surface area contributed by atoms with Crippen LogP contribution in [0, 0.1) is 0 Å². The predicted molar refractivity (Wildman–Crippen MR) is 76.6 cm³/mol. The highest BCUT2D eigenvalue weighted by molar-refractivity contribution is 7.99. The van der Waals surface area contributed by atoms with E-state index >= 15 is 0 Å². The summed E-state index contributed by atoms with van der Waals surface area (Å²) in [5, 5.41) is 0.258. The quantitative estimate of drug-likeness (QED) is 0.669. The second kappa shape index (κ2) is 5.80. The maximum atomic E-state index is 12.5. The molecule has 4 N–H and O–H groups in total. The summed E-state index contributed by atoms with van der Waals surface area (Å²) in [5.74, 6) is 0.509. The van der Waals surface area contributed by atoms with Crippen LogP contribution in [0.2, 0.25) is 0 Å². The van der Waals surface area contributed by atoms with Crippen molar-refractivity contribution < 1.29 is 13.2 Å². The highest BCUT2D eigenvalue weighted by Gasteiger charge is 2.30. The molecule has 0 saturated carbocycles. The average Bonchev–Trinajstić information content (AvgIpc) is 2.36. The van der Waals surface area contributed by atoms with E-state index in [2.05, 4.69) is 9.97 Å². The van der Waals surface area contributed by atoms with Gasteiger partial charge in [-0.2, -0.15) is 13.2 Å². The number of hydrogen-bond acceptors (Lipinski definition) is 5. The lowest BCUT2D eigenvalue weighted by molar-refractivity contribution is -0.137. The SMILES string of the molecule is C[C@@H](Sc1nc(N)cc(N)n1)c1ccc(C(F)(F)F)cc1. The largest absolute Gasteiger partial charge is 0.416 e. The van der Waals surface area contributed by atoms with Gasteiger partial charge in [-0.15, -0.1) is 0 Å². The van der Waals surface area contributed by atoms with Crippen LogP contribution in [0.5, 0.6) is 0 Å². The normalized spacial score (nSPS) is 13.1. The number of hydrogen-bond donors (Lipinski definition) is 2. The maximum absolute atomic E-state index is 12.5. The van der Waals surface area contributed by atoms with Gasteiger partial charge in [0.25, 0.3) is 0 Å². The van der Waals surface area contributed by atoms with E-state index in [-0.39, 0.29) is 16.9 Å². The first-order valence-electron chi connectivity index (χ1n) is 5.99. The molecule has 1 atom stereocenters. The molecule has 1 aromatic carbocycles. The zero-order valence-corrected chi connectivity index (χ0v) is 11.9. The summed E-state index contributed by atoms with van der Waals surface area (Å²) in [4.78, 5) is 8.05. The molecule has 21 heavy (non-hydrogen) atoms. The average molecular weight is 314 g/mol. The molecule has 0 aliphatic rings. The minimum Gasteiger partial charge on any atom is -0.383 e. The molecule has 0 aliphatic carbocycles. The van der Waals surface area contributed by atoms with Crippen LogP contribution in [-0.4, -0.2) is 9.97 Å². The number of nitrogen functional groups attached to an aromatic ring is 2. The van der Waals surface area contributed by atoms with Crippen LogP contribution in [0.4, 0.5) is 24.8 Å². The van der Waals surface area contributed by atoms with E-state index in [1.807, 2.05) is 6.92 Å². The van der Waals surface area contributed by atoms with Gasteiger partial charge in [0.1, 0.15) is 11.6 Å². The molecule has 112 valence electrons. The van der Waals surface area contributed by atoms with Crippen LogP contribution < -0.4 is 11.5 Å². The lowest BCUT2D eigenvalue weighted by Gasteiger charge is -2.12. The number of alkyl halides is 3. The summed E-state index contributed by atoms with van der Waals surface area (Å²) >= 11 is 1.27. The minimum atomic E-state index is -4.33. The topological polar surface area (TPSA) is 77.8 Å². The van der Waals surface area contributed by atoms with Crippen molar-refractivity contribution in [2.24, 2.45) is 0 Å². The molecular formula is C13H13F3N4S. The molecule has 0 radical (unpaired) electrons. The van der Waals surface area contributed by atoms with Crippen LogP contribution in [-0.2, 0) is 6.18 Å². The van der Waals surface area contributed by atoms with Crippen LogP contribution in [0.3, 0.4) is 0 Å². The molecule has 0 saturated heterocycles. The first-order chi connectivity index (χ1) is 9.75. The fraction of sp³-hybridized carbons (Fsp3) is 0.231. The monoisotopic (exact) mass is 314 g/mol. The van der Waals surface area contributed by atoms with Crippen molar-refractivity contribution in [3.63, 3.8) is 0 Å². The van der Waals surface area contributed by atoms with E-state index in [0.29, 0.717) is 5.16 Å². The number of aromatic nitrogens is 2. The lowest BCUT2D eigenvalue weighted by atomic mass is 10.1. The standard InChI is InChI=1S/C13H13F3N4S/c1-7(21-12-19-10(17)6-11(18)20-12)8-2-4-9(5-3-8)13(14,15)16/h2-7H,1H3,(H4,17,18,19,20)/t7-/m1/s1. The second-order valence-electron chi connectivity index (χ2n) is 4.38. The van der Waals surface area contributed by atoms with E-state index in [1.54, 1.807) is 0 Å². The van der Waals surface area contributed by atoms with E-state index in [1.165, 1.54) is 30.0 Å². The van der Waals surface area contributed by atoms with Gasteiger partial charge < -0.3 is 11.5 Å². The third kappa shape index (κ3) is 4.01. The van der Waals surface area contributed by atoms with Crippen molar-refractivity contribution in [3.8, 4) is 0 Å². The number of rotatable bonds is 3. The van der Waals surface area contributed by atoms with Gasteiger partial charge >= 0.3 is 6.18 Å². The predicted octanol–water partition coefficient (Wildman–Crippen LogP) is 3.51. The van der Waals surface area contributed by atoms with E-state index in [9.17, 15) is 13.2 Å². The summed E-state index contributed by atoms with van der Waals surface area (Å²) in [5.41, 5.74) is 11.2. The van der Waals surface area contributed by atoms with Gasteiger partial charge in [0.2, 0.25) is 0 Å². The molecule has 0 bridgehead atoms. The highest BCUT2D eigenvalue weighted by Crippen LogP contribution is 2.35. The molecule has 1 aromatic heterocycles. The van der Waals surface area contributed by atoms with Crippen molar-refractivity contribution >= 4 is 23.4 Å². The van der Waals surface area contributed by atoms with Crippen LogP contribution in [0.15, 0.2) is 35.5 Å². The molecule has 8 heteroatoms. The fourth-order valence-corrected chi connectivity index (χ4v) is 2.61. The number of anilines is 2. The van der Waals surface area contributed by atoms with Crippen LogP contribution >= 0.6 is 11.8 Å². The molecule has 2 aromatic rings. The van der Waals surface area contributed by atoms with Gasteiger partial charge in [0.05, 0.1) is 5.56 Å². The Balaban J connectivity index is 2.15. The van der Waals surface area contributed by atoms with Crippen LogP contribution in [0.1, 0.15) is 23.3 Å². The maximum Gasteiger partial charge on any atom is 0.416 e. The zero-order chi connectivity index (χ0) is 15.6. The number of nitrogens with two attached hydrogens (primary N) is 2. The van der Waals surface area contributed by atoms with Gasteiger partial charge in [0.15, 0.2) is 5.16 Å². The van der Waals surface area contributed by atoms with E-state index in [4.69, 9.17) is 11.5 Å². The summed E-state index contributed by atoms with van der Waals surface area (Å²) in [7, 11) is 0. The molecule has 4 nitrogen and oxygen atoms in total. The number of thioether (sulfide) groups is 1. The van der Waals surface area contributed by atoms with Gasteiger partial charge in [-0.25, -0.2) is 9.97 Å². The number of nitrogens with zero attached hydrogens (tertiary/aromatic N) is 2. The Morgan fingerprint density at radius 1 is 1.05 bits per heavy atom. The highest BCUT2D eigenvalue weighted by atomic mass is 32.2. The molecule has 2 rings (SSSR count). The van der Waals surface area contributed by atoms with Gasteiger partial charge in [0, 0.05) is 11.3 Å². The summed E-state index contributed by atoms with van der Waals surface area (Å²) in [6, 6.07) is 6.43. The smallest absolute Gasteiger partial charge is 0.383 e. The Kier molecular flexibility index (Phi) is 4.26. The third-order valence-electron chi connectivity index (χ3n) is 2.73. The third-order valence-corrected chi connectivity index (χ3v) is 3.75. The fourth-order valence-electron chi connectivity index (χ4n) is 1.68. The Hall–Kier alpha value is -1.96. The van der Waals surface area contributed by atoms with Crippen LogP contribution in [0.25, 0.3) is 0 Å². The summed E-state index contributed by atoms with van der Waals surface area (Å²) in [6.07, 6.45) is -4.33. The Morgan fingerprint density at radius 3 is 2.05 bits per heavy atom. The summed E-state index contributed by atoms with van der Waals surface area (Å²) < 4.78 is 37.5. The van der Waals surface area contributed by atoms with Gasteiger partial charge in [-0.05, 0) is 24.6 Å². The first-order valence-corrected chi connectivity index (χ1v) is 6.87. The molecule has 1 heterocycles. The van der Waals surface area contributed by atoms with Gasteiger partial charge in [-0.3, -0.25) is 0 Å². The van der Waals surface area contributed by atoms with Gasteiger partial charge in [-0.1, -0.05) is 23.9 Å². The molecule has 0 unspecified atom stereocenters. The van der Waals surface area contributed by atoms with Crippen molar-refractivity contribution in [3.05, 3.63) is 41.5 Å². The molecular weight excluding hydrogens is 301 g/mol. The van der Waals surface area contributed by atoms with Crippen molar-refractivity contribution in [1.29, 1.82) is 0 Å². The Bertz CT molecular complexity index is 608. The Morgan fingerprint density at radius 2 is 1.57 bits per heavy atom. The molecule has 0 aliphatic heterocycles.